The number of nitrogens with zero attached hydrogens (tertiary/aromatic N) is 2. The van der Waals surface area contributed by atoms with Gasteiger partial charge in [-0.1, -0.05) is 105 Å². The normalized spacial score (nSPS) is 22.3. The Hall–Kier alpha value is -3.21. The maximum Gasteiger partial charge on any atom is 0.0555 e. The van der Waals surface area contributed by atoms with Gasteiger partial charge in [-0.3, -0.25) is 4.90 Å². The molecule has 0 spiro atoms. The standard InChI is InChI=1S/C34H36N2S.C2H5N.C2H6/c1-24-9-5-6-12-30(24)26-15-18-32-34(21-26)37-33-14-8-7-13-31(33)36(32)29-22-27-16-17-28(23-29)35(27)20-19-25-10-3-2-4-11-25;1-2-3;1-2/h2-6,9-15,18,21,27-29H,7-8,16-17,19-20,22-23H2,1H3;2H,1,3H2;1-2H3. The van der Waals surface area contributed by atoms with Gasteiger partial charge in [0.05, 0.1) is 11.4 Å². The van der Waals surface area contributed by atoms with E-state index in [9.17, 15) is 0 Å². The summed E-state index contributed by atoms with van der Waals surface area (Å²) in [5.41, 5.74) is 13.0. The van der Waals surface area contributed by atoms with Gasteiger partial charge in [0.2, 0.25) is 0 Å². The third-order valence-electron chi connectivity index (χ3n) is 8.97. The van der Waals surface area contributed by atoms with Gasteiger partial charge in [-0.05, 0) is 92.5 Å². The Morgan fingerprint density at radius 1 is 0.881 bits per heavy atom. The molecule has 7 rings (SSSR count). The molecule has 0 saturated carbocycles. The number of thioether (sulfide) groups is 1. The smallest absolute Gasteiger partial charge is 0.0555 e. The predicted octanol–water partition coefficient (Wildman–Crippen LogP) is 9.49. The first-order chi connectivity index (χ1) is 20.7. The monoisotopic (exact) mass is 577 g/mol. The van der Waals surface area contributed by atoms with Crippen molar-refractivity contribution in [3.63, 3.8) is 0 Å². The Balaban J connectivity index is 0.000000665. The van der Waals surface area contributed by atoms with Crippen LogP contribution in [0.4, 0.5) is 5.69 Å². The zero-order chi connectivity index (χ0) is 29.5. The van der Waals surface area contributed by atoms with Gasteiger partial charge in [-0.2, -0.15) is 0 Å². The quantitative estimate of drug-likeness (QED) is 0.327. The molecular weight excluding hydrogens is 531 g/mol. The fourth-order valence-corrected chi connectivity index (χ4v) is 8.36. The van der Waals surface area contributed by atoms with E-state index in [2.05, 4.69) is 114 Å². The Morgan fingerprint density at radius 3 is 2.26 bits per heavy atom. The molecule has 0 amide bonds. The first-order valence-electron chi connectivity index (χ1n) is 15.9. The number of rotatable bonds is 5. The van der Waals surface area contributed by atoms with Crippen molar-refractivity contribution in [2.75, 3.05) is 11.4 Å². The maximum absolute atomic E-state index is 4.61. The van der Waals surface area contributed by atoms with Gasteiger partial charge in [0, 0.05) is 34.5 Å². The predicted molar refractivity (Wildman–Crippen MR) is 183 cm³/mol. The van der Waals surface area contributed by atoms with Crippen LogP contribution in [0.15, 0.2) is 113 Å². The average Bonchev–Trinajstić information content (AvgIpc) is 3.27. The average molecular weight is 578 g/mol. The lowest BCUT2D eigenvalue weighted by molar-refractivity contribution is 0.128. The van der Waals surface area contributed by atoms with Crippen LogP contribution in [0, 0.1) is 6.92 Å². The fourth-order valence-electron chi connectivity index (χ4n) is 7.18. The minimum Gasteiger partial charge on any atom is -0.405 e. The number of piperidine rings is 1. The van der Waals surface area contributed by atoms with E-state index in [1.54, 1.807) is 0 Å². The summed E-state index contributed by atoms with van der Waals surface area (Å²) in [6.45, 7) is 10.6. The molecule has 2 saturated heterocycles. The third-order valence-corrected chi connectivity index (χ3v) is 10.1. The van der Waals surface area contributed by atoms with Crippen molar-refractivity contribution < 1.29 is 0 Å². The van der Waals surface area contributed by atoms with E-state index in [-0.39, 0.29) is 0 Å². The molecule has 0 aromatic heterocycles. The highest BCUT2D eigenvalue weighted by atomic mass is 32.2. The lowest BCUT2D eigenvalue weighted by Gasteiger charge is -2.47. The highest BCUT2D eigenvalue weighted by Gasteiger charge is 2.44. The van der Waals surface area contributed by atoms with E-state index in [1.165, 1.54) is 88.3 Å². The molecule has 4 heteroatoms. The van der Waals surface area contributed by atoms with Crippen LogP contribution >= 0.6 is 11.8 Å². The van der Waals surface area contributed by atoms with Crippen molar-refractivity contribution in [2.45, 2.75) is 88.7 Å². The molecule has 2 N–H and O–H groups in total. The molecule has 220 valence electrons. The minimum absolute atomic E-state index is 0.585. The second-order valence-corrected chi connectivity index (χ2v) is 12.5. The molecular formula is C38H47N3S. The lowest BCUT2D eigenvalue weighted by atomic mass is 9.93. The second-order valence-electron chi connectivity index (χ2n) is 11.4. The maximum atomic E-state index is 4.61. The Bertz CT molecular complexity index is 1390. The molecule has 0 radical (unpaired) electrons. The second kappa shape index (κ2) is 14.3. The zero-order valence-electron chi connectivity index (χ0n) is 25.6. The number of fused-ring (bicyclic) bond motifs is 4. The van der Waals surface area contributed by atoms with Crippen molar-refractivity contribution in [2.24, 2.45) is 5.73 Å². The van der Waals surface area contributed by atoms with Crippen molar-refractivity contribution in [3.8, 4) is 11.1 Å². The van der Waals surface area contributed by atoms with Gasteiger partial charge >= 0.3 is 0 Å². The van der Waals surface area contributed by atoms with Gasteiger partial charge in [0.25, 0.3) is 0 Å². The van der Waals surface area contributed by atoms with Gasteiger partial charge in [0.15, 0.2) is 0 Å². The van der Waals surface area contributed by atoms with Crippen LogP contribution in [0.2, 0.25) is 0 Å². The van der Waals surface area contributed by atoms with Crippen LogP contribution in [-0.4, -0.2) is 29.6 Å². The van der Waals surface area contributed by atoms with Crippen LogP contribution in [0.5, 0.6) is 0 Å². The lowest BCUT2D eigenvalue weighted by Crippen LogP contribution is -2.51. The van der Waals surface area contributed by atoms with E-state index >= 15 is 0 Å². The third kappa shape index (κ3) is 6.40. The highest BCUT2D eigenvalue weighted by molar-refractivity contribution is 8.03. The molecule has 3 aromatic rings. The molecule has 2 bridgehead atoms. The van der Waals surface area contributed by atoms with E-state index in [4.69, 9.17) is 0 Å². The molecule has 3 aliphatic heterocycles. The van der Waals surface area contributed by atoms with E-state index < -0.39 is 0 Å². The fraction of sp³-hybridized carbons (Fsp3) is 0.368. The van der Waals surface area contributed by atoms with Gasteiger partial charge < -0.3 is 10.6 Å². The first kappa shape index (κ1) is 30.3. The Morgan fingerprint density at radius 2 is 1.55 bits per heavy atom. The Kier molecular flexibility index (Phi) is 10.3. The Labute approximate surface area is 258 Å². The minimum atomic E-state index is 0.585. The molecule has 3 nitrogen and oxygen atoms in total. The zero-order valence-corrected chi connectivity index (χ0v) is 26.5. The van der Waals surface area contributed by atoms with Crippen LogP contribution in [0.25, 0.3) is 11.1 Å². The SMILES string of the molecule is C=CN.CC.Cc1ccccc1-c1ccc2c(c1)SC1=CCCC=C1N2C1CC2CCC(C1)N2CCc1ccccc1. The van der Waals surface area contributed by atoms with E-state index in [1.807, 2.05) is 25.6 Å². The van der Waals surface area contributed by atoms with Crippen LogP contribution < -0.4 is 10.6 Å². The molecule has 42 heavy (non-hydrogen) atoms. The van der Waals surface area contributed by atoms with Crippen molar-refractivity contribution in [1.29, 1.82) is 0 Å². The summed E-state index contributed by atoms with van der Waals surface area (Å²) < 4.78 is 0. The summed E-state index contributed by atoms with van der Waals surface area (Å²) in [7, 11) is 0. The number of aryl methyl sites for hydroxylation is 1. The van der Waals surface area contributed by atoms with E-state index in [0.29, 0.717) is 18.1 Å². The number of hydrogen-bond acceptors (Lipinski definition) is 4. The van der Waals surface area contributed by atoms with Crippen LogP contribution in [-0.2, 0) is 6.42 Å². The van der Waals surface area contributed by atoms with Crippen molar-refractivity contribution >= 4 is 17.4 Å². The van der Waals surface area contributed by atoms with Gasteiger partial charge in [-0.15, -0.1) is 0 Å². The topological polar surface area (TPSA) is 32.5 Å². The summed E-state index contributed by atoms with van der Waals surface area (Å²) in [6, 6.07) is 29.1. The van der Waals surface area contributed by atoms with Gasteiger partial charge in [-0.25, -0.2) is 0 Å². The first-order valence-corrected chi connectivity index (χ1v) is 16.7. The number of benzene rings is 3. The van der Waals surface area contributed by atoms with Crippen LogP contribution in [0.1, 0.15) is 63.5 Å². The van der Waals surface area contributed by atoms with Crippen LogP contribution in [0.3, 0.4) is 0 Å². The number of allylic oxidation sites excluding steroid dienone is 2. The van der Waals surface area contributed by atoms with Crippen molar-refractivity contribution in [3.05, 3.63) is 119 Å². The van der Waals surface area contributed by atoms with Gasteiger partial charge in [0.1, 0.15) is 0 Å². The van der Waals surface area contributed by atoms with Crippen molar-refractivity contribution in [1.82, 2.24) is 4.90 Å². The highest BCUT2D eigenvalue weighted by Crippen LogP contribution is 2.52. The number of anilines is 1. The van der Waals surface area contributed by atoms with E-state index in [0.717, 1.165) is 12.8 Å². The summed E-state index contributed by atoms with van der Waals surface area (Å²) >= 11 is 1.99. The number of hydrogen-bond donors (Lipinski definition) is 1. The summed E-state index contributed by atoms with van der Waals surface area (Å²) in [4.78, 5) is 8.51. The largest absolute Gasteiger partial charge is 0.405 e. The number of nitrogens with two attached hydrogens (primary N) is 1. The molecule has 2 fully saturated rings. The molecule has 4 aliphatic rings. The summed E-state index contributed by atoms with van der Waals surface area (Å²) in [6.07, 6.45) is 15.0. The summed E-state index contributed by atoms with van der Waals surface area (Å²) in [5.74, 6) is 0. The molecule has 2 atom stereocenters. The molecule has 3 aromatic carbocycles. The molecule has 3 heterocycles. The summed E-state index contributed by atoms with van der Waals surface area (Å²) in [5, 5.41) is 0. The molecule has 1 aliphatic carbocycles. The molecule has 2 unspecified atom stereocenters.